The maximum Gasteiger partial charge on any atom is 0.274 e. The van der Waals surface area contributed by atoms with Crippen LogP contribution in [0.3, 0.4) is 0 Å². The van der Waals surface area contributed by atoms with Crippen molar-refractivity contribution >= 4 is 34.6 Å². The van der Waals surface area contributed by atoms with Crippen molar-refractivity contribution < 1.29 is 19.5 Å². The van der Waals surface area contributed by atoms with Gasteiger partial charge in [0.1, 0.15) is 5.82 Å². The Hall–Kier alpha value is -3.73. The fraction of sp³-hybridized carbons (Fsp3) is 0.346. The first-order valence-corrected chi connectivity index (χ1v) is 12.1. The average Bonchev–Trinajstić information content (AvgIpc) is 3.35. The number of carbonyl (C=O) groups is 2. The zero-order valence-electron chi connectivity index (χ0n) is 20.2. The van der Waals surface area contributed by atoms with Crippen molar-refractivity contribution in [3.8, 4) is 11.4 Å². The van der Waals surface area contributed by atoms with E-state index < -0.39 is 5.91 Å². The lowest BCUT2D eigenvalue weighted by molar-refractivity contribution is -0.129. The Balaban J connectivity index is 1.48. The summed E-state index contributed by atoms with van der Waals surface area (Å²) in [6, 6.07) is 10.9. The zero-order chi connectivity index (χ0) is 25.1. The molecule has 3 heterocycles. The number of nitrogens with zero attached hydrogens (tertiary/aromatic N) is 4. The Morgan fingerprint density at radius 3 is 2.47 bits per heavy atom. The minimum atomic E-state index is -0.564. The number of amides is 2. The van der Waals surface area contributed by atoms with Crippen LogP contribution in [-0.4, -0.2) is 96.3 Å². The van der Waals surface area contributed by atoms with Crippen LogP contribution in [0.4, 0.5) is 5.69 Å². The largest absolute Gasteiger partial charge is 0.378 e. The summed E-state index contributed by atoms with van der Waals surface area (Å²) in [5.74, 6) is 0.0990. The fourth-order valence-electron chi connectivity index (χ4n) is 4.55. The topological polar surface area (TPSA) is 114 Å². The van der Waals surface area contributed by atoms with E-state index in [0.717, 1.165) is 54.0 Å². The van der Waals surface area contributed by atoms with Gasteiger partial charge in [-0.25, -0.2) is 10.5 Å². The number of ether oxygens (including phenoxy) is 1. The maximum atomic E-state index is 12.8. The standard InChI is InChI=1S/C26H30N6O4/c1-30-8-10-31(11-9-30)23-17-22-21(16-20(23)6-7-24(33)32-12-14-36-15-13-32)27-25(28-22)18-2-4-19(5-3-18)26(34)29-35/h2-7,16-17,35H,8-15H2,1H3,(H,27,28)(H,29,34)/b7-6+. The Morgan fingerprint density at radius 2 is 1.78 bits per heavy atom. The van der Waals surface area contributed by atoms with Gasteiger partial charge in [-0.1, -0.05) is 12.1 Å². The molecule has 0 bridgehead atoms. The highest BCUT2D eigenvalue weighted by molar-refractivity contribution is 5.95. The van der Waals surface area contributed by atoms with Crippen molar-refractivity contribution in [2.24, 2.45) is 0 Å². The van der Waals surface area contributed by atoms with Gasteiger partial charge >= 0.3 is 0 Å². The minimum Gasteiger partial charge on any atom is -0.378 e. The molecule has 10 nitrogen and oxygen atoms in total. The predicted molar refractivity (Wildman–Crippen MR) is 137 cm³/mol. The molecular formula is C26H30N6O4. The molecule has 3 N–H and O–H groups in total. The van der Waals surface area contributed by atoms with Gasteiger partial charge in [0.25, 0.3) is 5.91 Å². The lowest BCUT2D eigenvalue weighted by Gasteiger charge is -2.35. The highest BCUT2D eigenvalue weighted by Gasteiger charge is 2.19. The predicted octanol–water partition coefficient (Wildman–Crippen LogP) is 1.97. The Kier molecular flexibility index (Phi) is 6.99. The highest BCUT2D eigenvalue weighted by Crippen LogP contribution is 2.30. The molecule has 0 spiro atoms. The van der Waals surface area contributed by atoms with E-state index in [2.05, 4.69) is 27.9 Å². The number of aromatic nitrogens is 2. The summed E-state index contributed by atoms with van der Waals surface area (Å²) in [5, 5.41) is 8.84. The Bertz CT molecular complexity index is 1270. The number of piperazine rings is 1. The van der Waals surface area contributed by atoms with Gasteiger partial charge in [0.2, 0.25) is 5.91 Å². The van der Waals surface area contributed by atoms with Crippen LogP contribution in [0.5, 0.6) is 0 Å². The molecule has 3 aromatic rings. The molecule has 2 aliphatic heterocycles. The molecule has 2 aliphatic rings. The Morgan fingerprint density at radius 1 is 1.06 bits per heavy atom. The maximum absolute atomic E-state index is 12.8. The smallest absolute Gasteiger partial charge is 0.274 e. The molecule has 0 radical (unpaired) electrons. The van der Waals surface area contributed by atoms with E-state index in [1.54, 1.807) is 35.8 Å². The Labute approximate surface area is 209 Å². The van der Waals surface area contributed by atoms with Crippen molar-refractivity contribution in [3.05, 3.63) is 53.6 Å². The number of rotatable bonds is 5. The monoisotopic (exact) mass is 490 g/mol. The minimum absolute atomic E-state index is 0.0139. The molecule has 188 valence electrons. The van der Waals surface area contributed by atoms with Gasteiger partial charge < -0.3 is 24.4 Å². The molecule has 36 heavy (non-hydrogen) atoms. The van der Waals surface area contributed by atoms with Gasteiger partial charge in [-0.2, -0.15) is 0 Å². The van der Waals surface area contributed by atoms with E-state index in [1.165, 1.54) is 0 Å². The van der Waals surface area contributed by atoms with E-state index in [-0.39, 0.29) is 5.91 Å². The average molecular weight is 491 g/mol. The van der Waals surface area contributed by atoms with Crippen LogP contribution in [0.2, 0.25) is 0 Å². The zero-order valence-corrected chi connectivity index (χ0v) is 20.2. The normalized spacial score (nSPS) is 17.2. The summed E-state index contributed by atoms with van der Waals surface area (Å²) in [7, 11) is 2.12. The number of H-pyrrole nitrogens is 1. The molecule has 10 heteroatoms. The number of carbonyl (C=O) groups excluding carboxylic acids is 2. The fourth-order valence-corrected chi connectivity index (χ4v) is 4.55. The van der Waals surface area contributed by atoms with Crippen LogP contribution in [0.25, 0.3) is 28.5 Å². The molecule has 1 aromatic heterocycles. The molecule has 0 atom stereocenters. The van der Waals surface area contributed by atoms with Crippen molar-refractivity contribution in [2.45, 2.75) is 0 Å². The van der Waals surface area contributed by atoms with Gasteiger partial charge in [0.05, 0.1) is 24.2 Å². The van der Waals surface area contributed by atoms with Gasteiger partial charge in [0.15, 0.2) is 0 Å². The van der Waals surface area contributed by atoms with Crippen LogP contribution in [0.1, 0.15) is 15.9 Å². The number of morpholine rings is 1. The molecule has 2 amide bonds. The number of nitrogens with one attached hydrogen (secondary N) is 2. The number of hydrogen-bond donors (Lipinski definition) is 3. The summed E-state index contributed by atoms with van der Waals surface area (Å²) >= 11 is 0. The van der Waals surface area contributed by atoms with Crippen LogP contribution in [0, 0.1) is 0 Å². The first-order chi connectivity index (χ1) is 17.5. The number of likely N-dealkylation sites (N-methyl/N-ethyl adjacent to an activating group) is 1. The molecule has 2 saturated heterocycles. The van der Waals surface area contributed by atoms with E-state index in [0.29, 0.717) is 37.7 Å². The van der Waals surface area contributed by atoms with Crippen LogP contribution in [0.15, 0.2) is 42.5 Å². The van der Waals surface area contributed by atoms with E-state index in [1.807, 2.05) is 17.0 Å². The third-order valence-electron chi connectivity index (χ3n) is 6.72. The SMILES string of the molecule is CN1CCN(c2cc3nc(-c4ccc(C(=O)NO)cc4)[nH]c3cc2/C=C/C(=O)N2CCOCC2)CC1. The van der Waals surface area contributed by atoms with Gasteiger partial charge in [-0.15, -0.1) is 0 Å². The second-order valence-corrected chi connectivity index (χ2v) is 9.09. The molecule has 2 fully saturated rings. The van der Waals surface area contributed by atoms with Crippen molar-refractivity contribution in [2.75, 3.05) is 64.4 Å². The molecule has 0 saturated carbocycles. The van der Waals surface area contributed by atoms with E-state index in [4.69, 9.17) is 14.9 Å². The molecule has 0 aliphatic carbocycles. The summed E-state index contributed by atoms with van der Waals surface area (Å²) in [5.41, 5.74) is 6.51. The lowest BCUT2D eigenvalue weighted by Crippen LogP contribution is -2.44. The number of benzene rings is 2. The number of hydroxylamine groups is 1. The molecule has 5 rings (SSSR count). The van der Waals surface area contributed by atoms with E-state index >= 15 is 0 Å². The van der Waals surface area contributed by atoms with Crippen LogP contribution >= 0.6 is 0 Å². The number of fused-ring (bicyclic) bond motifs is 1. The lowest BCUT2D eigenvalue weighted by atomic mass is 10.1. The summed E-state index contributed by atoms with van der Waals surface area (Å²) < 4.78 is 5.36. The summed E-state index contributed by atoms with van der Waals surface area (Å²) in [6.45, 7) is 6.08. The molecule has 0 unspecified atom stereocenters. The summed E-state index contributed by atoms with van der Waals surface area (Å²) in [6.07, 6.45) is 3.54. The van der Waals surface area contributed by atoms with Gasteiger partial charge in [0, 0.05) is 67.7 Å². The second-order valence-electron chi connectivity index (χ2n) is 9.09. The number of anilines is 1. The number of aromatic amines is 1. The first-order valence-electron chi connectivity index (χ1n) is 12.1. The third-order valence-corrected chi connectivity index (χ3v) is 6.72. The molecule has 2 aromatic carbocycles. The first kappa shape index (κ1) is 24.0. The number of imidazole rings is 1. The molecular weight excluding hydrogens is 460 g/mol. The quantitative estimate of drug-likeness (QED) is 0.285. The highest BCUT2D eigenvalue weighted by atomic mass is 16.5. The summed E-state index contributed by atoms with van der Waals surface area (Å²) in [4.78, 5) is 39.0. The van der Waals surface area contributed by atoms with Crippen molar-refractivity contribution in [3.63, 3.8) is 0 Å². The second kappa shape index (κ2) is 10.5. The van der Waals surface area contributed by atoms with Crippen LogP contribution < -0.4 is 10.4 Å². The van der Waals surface area contributed by atoms with Crippen molar-refractivity contribution in [1.29, 1.82) is 0 Å². The van der Waals surface area contributed by atoms with E-state index in [9.17, 15) is 9.59 Å². The number of hydrogen-bond acceptors (Lipinski definition) is 7. The van der Waals surface area contributed by atoms with Gasteiger partial charge in [-0.05, 0) is 37.4 Å². The van der Waals surface area contributed by atoms with Crippen LogP contribution in [-0.2, 0) is 9.53 Å². The van der Waals surface area contributed by atoms with Crippen molar-refractivity contribution in [1.82, 2.24) is 25.2 Å². The third kappa shape index (κ3) is 5.11. The van der Waals surface area contributed by atoms with Gasteiger partial charge in [-0.3, -0.25) is 14.8 Å².